The van der Waals surface area contributed by atoms with Crippen LogP contribution in [0.2, 0.25) is 0 Å². The molecular weight excluding hydrogens is 322 g/mol. The zero-order valence-corrected chi connectivity index (χ0v) is 13.4. The Kier molecular flexibility index (Phi) is 4.51. The molecule has 126 valence electrons. The highest BCUT2D eigenvalue weighted by Crippen LogP contribution is 2.22. The Balaban J connectivity index is 1.74. The highest BCUT2D eigenvalue weighted by atomic mass is 16.6. The van der Waals surface area contributed by atoms with Crippen LogP contribution in [0.1, 0.15) is 21.6 Å². The van der Waals surface area contributed by atoms with Gasteiger partial charge in [-0.3, -0.25) is 14.9 Å². The molecular formula is C17H15N5O3. The van der Waals surface area contributed by atoms with Crippen LogP contribution in [0.25, 0.3) is 0 Å². The smallest absolute Gasteiger partial charge is 0.277 e. The van der Waals surface area contributed by atoms with E-state index >= 15 is 0 Å². The summed E-state index contributed by atoms with van der Waals surface area (Å²) in [5, 5.41) is 21.3. The summed E-state index contributed by atoms with van der Waals surface area (Å²) in [4.78, 5) is 22.7. The number of carbonyl (C=O) groups excluding carboxylic acids is 1. The summed E-state index contributed by atoms with van der Waals surface area (Å²) in [6.07, 6.45) is 1.54. The normalized spacial score (nSPS) is 10.4. The molecule has 1 amide bonds. The Morgan fingerprint density at radius 3 is 2.72 bits per heavy atom. The van der Waals surface area contributed by atoms with E-state index in [0.717, 1.165) is 11.1 Å². The average Bonchev–Trinajstić information content (AvgIpc) is 3.06. The van der Waals surface area contributed by atoms with E-state index in [4.69, 9.17) is 0 Å². The summed E-state index contributed by atoms with van der Waals surface area (Å²) < 4.78 is 1.56. The van der Waals surface area contributed by atoms with Crippen molar-refractivity contribution in [3.8, 4) is 0 Å². The van der Waals surface area contributed by atoms with Gasteiger partial charge in [0.05, 0.1) is 23.4 Å². The van der Waals surface area contributed by atoms with Gasteiger partial charge in [-0.25, -0.2) is 4.68 Å². The maximum Gasteiger partial charge on any atom is 0.277 e. The third kappa shape index (κ3) is 3.86. The van der Waals surface area contributed by atoms with Crippen molar-refractivity contribution in [1.82, 2.24) is 15.0 Å². The molecule has 1 N–H and O–H groups in total. The molecule has 3 rings (SSSR count). The second-order valence-corrected chi connectivity index (χ2v) is 5.50. The number of aryl methyl sites for hydroxylation is 1. The van der Waals surface area contributed by atoms with Gasteiger partial charge in [-0.1, -0.05) is 41.6 Å². The predicted octanol–water partition coefficient (Wildman–Crippen LogP) is 2.80. The molecule has 8 nitrogen and oxygen atoms in total. The number of nitro groups is 1. The first-order valence-corrected chi connectivity index (χ1v) is 7.53. The fourth-order valence-electron chi connectivity index (χ4n) is 2.29. The van der Waals surface area contributed by atoms with E-state index in [2.05, 4.69) is 15.6 Å². The van der Waals surface area contributed by atoms with Gasteiger partial charge in [0.1, 0.15) is 0 Å². The van der Waals surface area contributed by atoms with E-state index < -0.39 is 10.8 Å². The van der Waals surface area contributed by atoms with Crippen molar-refractivity contribution >= 4 is 17.3 Å². The van der Waals surface area contributed by atoms with Crippen molar-refractivity contribution in [3.05, 3.63) is 81.7 Å². The molecule has 0 saturated carbocycles. The van der Waals surface area contributed by atoms with E-state index in [0.29, 0.717) is 12.2 Å². The number of aromatic nitrogens is 3. The molecule has 8 heteroatoms. The van der Waals surface area contributed by atoms with E-state index in [-0.39, 0.29) is 11.4 Å². The van der Waals surface area contributed by atoms with Gasteiger partial charge in [0.15, 0.2) is 5.69 Å². The third-order valence-electron chi connectivity index (χ3n) is 3.64. The van der Waals surface area contributed by atoms with Crippen LogP contribution in [-0.4, -0.2) is 25.8 Å². The molecule has 0 fully saturated rings. The average molecular weight is 337 g/mol. The lowest BCUT2D eigenvalue weighted by Crippen LogP contribution is -2.13. The van der Waals surface area contributed by atoms with Crippen LogP contribution in [-0.2, 0) is 6.54 Å². The maximum atomic E-state index is 12.3. The molecule has 0 aliphatic carbocycles. The van der Waals surface area contributed by atoms with E-state index in [9.17, 15) is 14.9 Å². The van der Waals surface area contributed by atoms with Gasteiger partial charge in [-0.2, -0.15) is 0 Å². The summed E-state index contributed by atoms with van der Waals surface area (Å²) >= 11 is 0. The Labute approximate surface area is 143 Å². The van der Waals surface area contributed by atoms with E-state index in [1.807, 2.05) is 30.3 Å². The van der Waals surface area contributed by atoms with E-state index in [1.165, 1.54) is 18.3 Å². The minimum absolute atomic E-state index is 0.0892. The predicted molar refractivity (Wildman–Crippen MR) is 91.4 cm³/mol. The van der Waals surface area contributed by atoms with Gasteiger partial charge in [0, 0.05) is 12.1 Å². The topological polar surface area (TPSA) is 103 Å². The zero-order chi connectivity index (χ0) is 17.8. The molecule has 0 unspecified atom stereocenters. The second-order valence-electron chi connectivity index (χ2n) is 5.50. The first-order chi connectivity index (χ1) is 12.0. The minimum atomic E-state index is -0.509. The summed E-state index contributed by atoms with van der Waals surface area (Å²) in [7, 11) is 0. The molecule has 0 radical (unpaired) electrons. The SMILES string of the molecule is Cc1ccc([N+](=O)[O-])cc1NC(=O)c1cn(Cc2ccccc2)nn1. The van der Waals surface area contributed by atoms with Gasteiger partial charge < -0.3 is 5.32 Å². The summed E-state index contributed by atoms with van der Waals surface area (Å²) in [6.45, 7) is 2.25. The monoisotopic (exact) mass is 337 g/mol. The number of anilines is 1. The molecule has 0 bridgehead atoms. The zero-order valence-electron chi connectivity index (χ0n) is 13.4. The van der Waals surface area contributed by atoms with Crippen LogP contribution in [0, 0.1) is 17.0 Å². The number of hydrogen-bond donors (Lipinski definition) is 1. The van der Waals surface area contributed by atoms with Gasteiger partial charge in [-0.15, -0.1) is 5.10 Å². The lowest BCUT2D eigenvalue weighted by molar-refractivity contribution is -0.384. The standard InChI is InChI=1S/C17H15N5O3/c1-12-7-8-14(22(24)25)9-15(12)18-17(23)16-11-21(20-19-16)10-13-5-3-2-4-6-13/h2-9,11H,10H2,1H3,(H,18,23). The van der Waals surface area contributed by atoms with Crippen molar-refractivity contribution in [3.63, 3.8) is 0 Å². The number of benzene rings is 2. The molecule has 0 aliphatic rings. The largest absolute Gasteiger partial charge is 0.320 e. The first-order valence-electron chi connectivity index (χ1n) is 7.53. The number of amides is 1. The molecule has 1 aromatic heterocycles. The summed E-state index contributed by atoms with van der Waals surface area (Å²) in [6, 6.07) is 14.0. The van der Waals surface area contributed by atoms with Crippen LogP contribution in [0.4, 0.5) is 11.4 Å². The van der Waals surface area contributed by atoms with Crippen molar-refractivity contribution in [2.24, 2.45) is 0 Å². The quantitative estimate of drug-likeness (QED) is 0.569. The number of nitrogens with one attached hydrogen (secondary N) is 1. The molecule has 1 heterocycles. The van der Waals surface area contributed by atoms with Crippen LogP contribution >= 0.6 is 0 Å². The number of hydrogen-bond acceptors (Lipinski definition) is 5. The summed E-state index contributed by atoms with van der Waals surface area (Å²) in [5.74, 6) is -0.470. The van der Waals surface area contributed by atoms with Crippen LogP contribution in [0.15, 0.2) is 54.7 Å². The maximum absolute atomic E-state index is 12.3. The fraction of sp³-hybridized carbons (Fsp3) is 0.118. The second kappa shape index (κ2) is 6.91. The fourth-order valence-corrected chi connectivity index (χ4v) is 2.29. The molecule has 3 aromatic rings. The Morgan fingerprint density at radius 1 is 1.24 bits per heavy atom. The van der Waals surface area contributed by atoms with Crippen LogP contribution < -0.4 is 5.32 Å². The van der Waals surface area contributed by atoms with E-state index in [1.54, 1.807) is 17.7 Å². The Morgan fingerprint density at radius 2 is 2.00 bits per heavy atom. The number of nitrogens with zero attached hydrogens (tertiary/aromatic N) is 4. The van der Waals surface area contributed by atoms with Gasteiger partial charge >= 0.3 is 0 Å². The summed E-state index contributed by atoms with van der Waals surface area (Å²) in [5.41, 5.74) is 2.18. The Bertz CT molecular complexity index is 921. The highest BCUT2D eigenvalue weighted by Gasteiger charge is 2.15. The van der Waals surface area contributed by atoms with Crippen molar-refractivity contribution in [2.45, 2.75) is 13.5 Å². The van der Waals surface area contributed by atoms with Crippen LogP contribution in [0.3, 0.4) is 0 Å². The lowest BCUT2D eigenvalue weighted by Gasteiger charge is -2.06. The Hall–Kier alpha value is -3.55. The molecule has 25 heavy (non-hydrogen) atoms. The van der Waals surface area contributed by atoms with Crippen molar-refractivity contribution in [2.75, 3.05) is 5.32 Å². The third-order valence-corrected chi connectivity index (χ3v) is 3.64. The molecule has 0 saturated heterocycles. The number of carbonyl (C=O) groups is 1. The first kappa shape index (κ1) is 16.3. The van der Waals surface area contributed by atoms with Crippen molar-refractivity contribution < 1.29 is 9.72 Å². The van der Waals surface area contributed by atoms with Crippen molar-refractivity contribution in [1.29, 1.82) is 0 Å². The molecule has 0 atom stereocenters. The van der Waals surface area contributed by atoms with Crippen LogP contribution in [0.5, 0.6) is 0 Å². The lowest BCUT2D eigenvalue weighted by atomic mass is 10.2. The number of non-ortho nitro benzene ring substituents is 1. The van der Waals surface area contributed by atoms with Gasteiger partial charge in [0.2, 0.25) is 0 Å². The highest BCUT2D eigenvalue weighted by molar-refractivity contribution is 6.03. The minimum Gasteiger partial charge on any atom is -0.320 e. The molecule has 0 spiro atoms. The molecule has 0 aliphatic heterocycles. The van der Waals surface area contributed by atoms with Gasteiger partial charge in [-0.05, 0) is 18.1 Å². The van der Waals surface area contributed by atoms with Gasteiger partial charge in [0.25, 0.3) is 11.6 Å². The number of rotatable bonds is 5. The number of nitro benzene ring substituents is 1. The molecule has 2 aromatic carbocycles.